The van der Waals surface area contributed by atoms with Crippen molar-refractivity contribution in [2.24, 2.45) is 0 Å². The number of hydrogen-bond acceptors (Lipinski definition) is 3. The van der Waals surface area contributed by atoms with Gasteiger partial charge in [0.15, 0.2) is 0 Å². The van der Waals surface area contributed by atoms with Gasteiger partial charge in [0.25, 0.3) is 0 Å². The zero-order valence-corrected chi connectivity index (χ0v) is 12.4. The van der Waals surface area contributed by atoms with E-state index in [9.17, 15) is 13.2 Å². The van der Waals surface area contributed by atoms with Crippen molar-refractivity contribution in [2.75, 3.05) is 19.3 Å². The van der Waals surface area contributed by atoms with Gasteiger partial charge in [0.2, 0.25) is 15.9 Å². The maximum absolute atomic E-state index is 12.0. The second-order valence-electron chi connectivity index (χ2n) is 4.40. The van der Waals surface area contributed by atoms with Crippen molar-refractivity contribution in [1.82, 2.24) is 9.62 Å². The largest absolute Gasteiger partial charge is 0.353 e. The number of amides is 1. The van der Waals surface area contributed by atoms with E-state index in [0.29, 0.717) is 13.1 Å². The van der Waals surface area contributed by atoms with E-state index >= 15 is 0 Å². The SMILES string of the molecule is C=CCNC(=O)CCS(=O)(=O)N(C)Cc1ccccc1. The van der Waals surface area contributed by atoms with Crippen molar-refractivity contribution in [3.8, 4) is 0 Å². The van der Waals surface area contributed by atoms with Crippen molar-refractivity contribution in [3.05, 3.63) is 48.6 Å². The van der Waals surface area contributed by atoms with E-state index in [4.69, 9.17) is 0 Å². The van der Waals surface area contributed by atoms with Crippen LogP contribution in [0.15, 0.2) is 43.0 Å². The zero-order valence-electron chi connectivity index (χ0n) is 11.6. The molecule has 0 spiro atoms. The first-order valence-corrected chi connectivity index (χ1v) is 7.92. The molecule has 0 aliphatic carbocycles. The van der Waals surface area contributed by atoms with Crippen LogP contribution in [-0.2, 0) is 21.4 Å². The molecule has 0 radical (unpaired) electrons. The number of sulfonamides is 1. The van der Waals surface area contributed by atoms with Gasteiger partial charge in [-0.25, -0.2) is 12.7 Å². The fourth-order valence-electron chi connectivity index (χ4n) is 1.59. The molecule has 0 aliphatic heterocycles. The summed E-state index contributed by atoms with van der Waals surface area (Å²) >= 11 is 0. The Morgan fingerprint density at radius 3 is 2.60 bits per heavy atom. The van der Waals surface area contributed by atoms with Crippen LogP contribution in [0.1, 0.15) is 12.0 Å². The standard InChI is InChI=1S/C14H20N2O3S/c1-3-10-15-14(17)9-11-20(18,19)16(2)12-13-7-5-4-6-8-13/h3-8H,1,9-12H2,2H3,(H,15,17). The number of nitrogens with one attached hydrogen (secondary N) is 1. The summed E-state index contributed by atoms with van der Waals surface area (Å²) in [5.41, 5.74) is 0.912. The highest BCUT2D eigenvalue weighted by atomic mass is 32.2. The molecule has 0 bridgehead atoms. The van der Waals surface area contributed by atoms with Crippen LogP contribution in [0.5, 0.6) is 0 Å². The molecule has 1 N–H and O–H groups in total. The monoisotopic (exact) mass is 296 g/mol. The number of carbonyl (C=O) groups is 1. The summed E-state index contributed by atoms with van der Waals surface area (Å²) in [5.74, 6) is -0.485. The summed E-state index contributed by atoms with van der Waals surface area (Å²) in [6.07, 6.45) is 1.50. The molecule has 1 rings (SSSR count). The van der Waals surface area contributed by atoms with Gasteiger partial charge in [0.1, 0.15) is 0 Å². The second kappa shape index (κ2) is 7.81. The van der Waals surface area contributed by atoms with Crippen LogP contribution in [0.2, 0.25) is 0 Å². The highest BCUT2D eigenvalue weighted by Gasteiger charge is 2.19. The Balaban J connectivity index is 2.51. The summed E-state index contributed by atoms with van der Waals surface area (Å²) in [6.45, 7) is 4.12. The average Bonchev–Trinajstić information content (AvgIpc) is 2.44. The minimum atomic E-state index is -3.43. The predicted molar refractivity (Wildman–Crippen MR) is 79.5 cm³/mol. The number of benzene rings is 1. The Morgan fingerprint density at radius 2 is 2.00 bits per heavy atom. The van der Waals surface area contributed by atoms with Gasteiger partial charge in [0.05, 0.1) is 5.75 Å². The topological polar surface area (TPSA) is 66.5 Å². The van der Waals surface area contributed by atoms with E-state index in [-0.39, 0.29) is 18.1 Å². The van der Waals surface area contributed by atoms with Gasteiger partial charge < -0.3 is 5.32 Å². The maximum atomic E-state index is 12.0. The number of rotatable bonds is 8. The minimum Gasteiger partial charge on any atom is -0.353 e. The third-order valence-electron chi connectivity index (χ3n) is 2.75. The van der Waals surface area contributed by atoms with Crippen molar-refractivity contribution < 1.29 is 13.2 Å². The molecule has 0 saturated heterocycles. The Hall–Kier alpha value is -1.66. The van der Waals surface area contributed by atoms with Gasteiger partial charge in [-0.3, -0.25) is 4.79 Å². The van der Waals surface area contributed by atoms with E-state index in [1.54, 1.807) is 6.08 Å². The molecule has 110 valence electrons. The van der Waals surface area contributed by atoms with Crippen molar-refractivity contribution in [1.29, 1.82) is 0 Å². The molecule has 0 heterocycles. The van der Waals surface area contributed by atoms with E-state index in [1.165, 1.54) is 11.4 Å². The number of carbonyl (C=O) groups excluding carboxylic acids is 1. The third-order valence-corrected chi connectivity index (χ3v) is 4.55. The van der Waals surface area contributed by atoms with Crippen molar-refractivity contribution in [3.63, 3.8) is 0 Å². The highest BCUT2D eigenvalue weighted by Crippen LogP contribution is 2.08. The van der Waals surface area contributed by atoms with Gasteiger partial charge in [-0.15, -0.1) is 6.58 Å². The normalized spacial score (nSPS) is 11.3. The molecule has 0 saturated carbocycles. The predicted octanol–water partition coefficient (Wildman–Crippen LogP) is 1.14. The summed E-state index contributed by atoms with van der Waals surface area (Å²) in [6, 6.07) is 9.32. The molecule has 5 nitrogen and oxygen atoms in total. The minimum absolute atomic E-state index is 0.0463. The summed E-state index contributed by atoms with van der Waals surface area (Å²) in [7, 11) is -1.91. The van der Waals surface area contributed by atoms with E-state index in [2.05, 4.69) is 11.9 Å². The van der Waals surface area contributed by atoms with E-state index in [1.807, 2.05) is 30.3 Å². The average molecular weight is 296 g/mol. The first kappa shape index (κ1) is 16.4. The molecule has 0 fully saturated rings. The van der Waals surface area contributed by atoms with Crippen LogP contribution >= 0.6 is 0 Å². The Kier molecular flexibility index (Phi) is 6.41. The maximum Gasteiger partial charge on any atom is 0.221 e. The van der Waals surface area contributed by atoms with Gasteiger partial charge in [-0.05, 0) is 5.56 Å². The molecular weight excluding hydrogens is 276 g/mol. The van der Waals surface area contributed by atoms with E-state index in [0.717, 1.165) is 5.56 Å². The molecule has 0 atom stereocenters. The van der Waals surface area contributed by atoms with Crippen LogP contribution in [0.4, 0.5) is 0 Å². The van der Waals surface area contributed by atoms with E-state index < -0.39 is 10.0 Å². The van der Waals surface area contributed by atoms with Gasteiger partial charge in [-0.1, -0.05) is 36.4 Å². The first-order valence-electron chi connectivity index (χ1n) is 6.31. The quantitative estimate of drug-likeness (QED) is 0.732. The molecule has 1 amide bonds. The molecule has 0 aromatic heterocycles. The van der Waals surface area contributed by atoms with Crippen molar-refractivity contribution in [2.45, 2.75) is 13.0 Å². The first-order chi connectivity index (χ1) is 9.45. The molecule has 20 heavy (non-hydrogen) atoms. The van der Waals surface area contributed by atoms with Gasteiger partial charge in [-0.2, -0.15) is 0 Å². The lowest BCUT2D eigenvalue weighted by atomic mass is 10.2. The lowest BCUT2D eigenvalue weighted by molar-refractivity contribution is -0.120. The lowest BCUT2D eigenvalue weighted by Gasteiger charge is -2.17. The second-order valence-corrected chi connectivity index (χ2v) is 6.60. The smallest absolute Gasteiger partial charge is 0.221 e. The third kappa shape index (κ3) is 5.54. The molecule has 0 unspecified atom stereocenters. The van der Waals surface area contributed by atoms with Crippen LogP contribution in [0, 0.1) is 0 Å². The molecule has 0 aliphatic rings. The Morgan fingerprint density at radius 1 is 1.35 bits per heavy atom. The van der Waals surface area contributed by atoms with Crippen LogP contribution in [-0.4, -0.2) is 38.0 Å². The fourth-order valence-corrected chi connectivity index (χ4v) is 2.69. The highest BCUT2D eigenvalue weighted by molar-refractivity contribution is 7.89. The summed E-state index contributed by atoms with van der Waals surface area (Å²) in [4.78, 5) is 11.4. The molecule has 1 aromatic rings. The lowest BCUT2D eigenvalue weighted by Crippen LogP contribution is -2.32. The molecule has 1 aromatic carbocycles. The zero-order chi connectivity index (χ0) is 15.0. The Bertz CT molecular complexity index is 541. The van der Waals surface area contributed by atoms with Gasteiger partial charge in [0, 0.05) is 26.6 Å². The van der Waals surface area contributed by atoms with Gasteiger partial charge >= 0.3 is 0 Å². The summed E-state index contributed by atoms with van der Waals surface area (Å²) in [5, 5.41) is 2.55. The molecular formula is C14H20N2O3S. The Labute approximate surface area is 120 Å². The number of nitrogens with zero attached hydrogens (tertiary/aromatic N) is 1. The number of hydrogen-bond donors (Lipinski definition) is 1. The van der Waals surface area contributed by atoms with Crippen LogP contribution in [0.3, 0.4) is 0 Å². The van der Waals surface area contributed by atoms with Crippen LogP contribution < -0.4 is 5.32 Å². The van der Waals surface area contributed by atoms with Crippen LogP contribution in [0.25, 0.3) is 0 Å². The summed E-state index contributed by atoms with van der Waals surface area (Å²) < 4.78 is 25.3. The fraction of sp³-hybridized carbons (Fsp3) is 0.357. The van der Waals surface area contributed by atoms with Crippen molar-refractivity contribution >= 4 is 15.9 Å². The molecule has 6 heteroatoms.